The molecular formula is Y36. The van der Waals surface area contributed by atoms with Crippen molar-refractivity contribution in [3.63, 3.8) is 0 Å². The summed E-state index contributed by atoms with van der Waals surface area (Å²) in [7, 11) is 0. The van der Waals surface area contributed by atoms with Crippen LogP contribution in [0, 0.1) is 0 Å². The van der Waals surface area contributed by atoms with E-state index in [2.05, 4.69) is 0 Å². The Balaban J connectivity index is 0. The molecule has 0 aliphatic rings. The van der Waals surface area contributed by atoms with Crippen LogP contribution in [-0.2, 0) is 1180 Å². The Morgan fingerprint density at radius 3 is 0.0278 bits per heavy atom. The fraction of sp³-hybridized carbons (Fsp3) is 0. The summed E-state index contributed by atoms with van der Waals surface area (Å²) in [5, 5.41) is 0. The van der Waals surface area contributed by atoms with Gasteiger partial charge in [-0.15, -0.1) is 0 Å². The molecule has 36 heteroatoms. The van der Waals surface area contributed by atoms with Crippen LogP contribution in [0.3, 0.4) is 0 Å². The Bertz CT molecular complexity index is 0. The molecule has 0 atom stereocenters. The number of hydrogen-bond donors (Lipinski definition) is 0. The van der Waals surface area contributed by atoms with Gasteiger partial charge in [0.15, 0.2) is 0 Å². The average molecular weight is 3200 g/mol. The fourth-order valence-electron chi connectivity index (χ4n) is 0. The molecule has 0 nitrogen and oxygen atoms in total. The first-order valence-corrected chi connectivity index (χ1v) is 0. The Morgan fingerprint density at radius 1 is 0.0278 bits per heavy atom. The van der Waals surface area contributed by atoms with Crippen molar-refractivity contribution < 1.29 is 1180 Å². The van der Waals surface area contributed by atoms with Crippen molar-refractivity contribution in [2.75, 3.05) is 0 Å². The molecule has 0 N–H and O–H groups in total. The number of hydrogen-bond acceptors (Lipinski definition) is 0. The molecule has 108 valence electrons. The minimum absolute atomic E-state index is 0. The zero-order valence-corrected chi connectivity index (χ0v) is 123. The quantitative estimate of drug-likeness (QED) is 0.319. The Labute approximate surface area is 1130 Å². The van der Waals surface area contributed by atoms with E-state index in [0.29, 0.717) is 0 Å². The third kappa shape index (κ3) is 247. The van der Waals surface area contributed by atoms with Gasteiger partial charge in [0.05, 0.1) is 0 Å². The van der Waals surface area contributed by atoms with Crippen molar-refractivity contribution >= 4 is 0 Å². The number of rotatable bonds is 0. The van der Waals surface area contributed by atoms with E-state index in [0.717, 1.165) is 0 Å². The molecule has 0 aromatic rings. The molecule has 36 heavy (non-hydrogen) atoms. The van der Waals surface area contributed by atoms with Crippen molar-refractivity contribution in [2.24, 2.45) is 0 Å². The van der Waals surface area contributed by atoms with Gasteiger partial charge in [-0.2, -0.15) is 0 Å². The minimum Gasteiger partial charge on any atom is 0 e. The summed E-state index contributed by atoms with van der Waals surface area (Å²) in [6.45, 7) is 0. The van der Waals surface area contributed by atoms with E-state index in [9.17, 15) is 0 Å². The molecule has 0 aromatic carbocycles. The summed E-state index contributed by atoms with van der Waals surface area (Å²) in [4.78, 5) is 0. The second-order valence-corrected chi connectivity index (χ2v) is 0. The Hall–Kier alpha value is 39.7. The largest absolute Gasteiger partial charge is 0 e. The molecule has 0 saturated heterocycles. The van der Waals surface area contributed by atoms with Crippen LogP contribution < -0.4 is 0 Å². The van der Waals surface area contributed by atoms with Crippen molar-refractivity contribution in [3.05, 3.63) is 0 Å². The molecule has 0 aliphatic carbocycles. The molecule has 0 heterocycles. The van der Waals surface area contributed by atoms with Gasteiger partial charge in [0.25, 0.3) is 0 Å². The Kier molecular flexibility index (Phi) is 1920. The van der Waals surface area contributed by atoms with Gasteiger partial charge < -0.3 is 0 Å². The zero-order chi connectivity index (χ0) is 0. The van der Waals surface area contributed by atoms with E-state index >= 15 is 0 Å². The summed E-state index contributed by atoms with van der Waals surface area (Å²) in [6.07, 6.45) is 0. The van der Waals surface area contributed by atoms with Crippen LogP contribution in [0.15, 0.2) is 0 Å². The maximum atomic E-state index is 0. The maximum Gasteiger partial charge on any atom is 0 e. The van der Waals surface area contributed by atoms with E-state index in [-0.39, 0.29) is 1180 Å². The molecule has 0 unspecified atom stereocenters. The van der Waals surface area contributed by atoms with Crippen LogP contribution in [0.5, 0.6) is 0 Å². The van der Waals surface area contributed by atoms with Crippen LogP contribution in [0.4, 0.5) is 0 Å². The van der Waals surface area contributed by atoms with Gasteiger partial charge >= 0.3 is 0 Å². The van der Waals surface area contributed by atoms with Crippen molar-refractivity contribution in [1.82, 2.24) is 0 Å². The van der Waals surface area contributed by atoms with E-state index in [4.69, 9.17) is 0 Å². The molecule has 0 saturated carbocycles. The predicted octanol–water partition coefficient (Wildman–Crippen LogP) is -0.0900. The average Bonchev–Trinajstić information content (AvgIpc) is 0. The molecule has 36 radical (unpaired) electrons. The molecule has 0 rings (SSSR count). The van der Waals surface area contributed by atoms with Gasteiger partial charge in [0, 0.05) is 1180 Å². The van der Waals surface area contributed by atoms with Crippen LogP contribution in [-0.4, -0.2) is 0 Å². The second-order valence-electron chi connectivity index (χ2n) is 0. The van der Waals surface area contributed by atoms with Crippen LogP contribution in [0.2, 0.25) is 0 Å². The van der Waals surface area contributed by atoms with Gasteiger partial charge in [-0.05, 0) is 0 Å². The monoisotopic (exact) mass is 3200 g/mol. The van der Waals surface area contributed by atoms with Crippen LogP contribution >= 0.6 is 0 Å². The topological polar surface area (TPSA) is 0 Å². The summed E-state index contributed by atoms with van der Waals surface area (Å²) >= 11 is 0. The molecule has 0 aliphatic heterocycles. The maximum absolute atomic E-state index is 0. The van der Waals surface area contributed by atoms with E-state index in [1.165, 1.54) is 0 Å². The first-order valence-electron chi connectivity index (χ1n) is 0. The van der Waals surface area contributed by atoms with E-state index in [1.807, 2.05) is 0 Å². The van der Waals surface area contributed by atoms with Gasteiger partial charge in [-0.1, -0.05) is 0 Å². The smallest absolute Gasteiger partial charge is 0 e. The first-order chi connectivity index (χ1) is 0. The molecule has 0 amide bonds. The summed E-state index contributed by atoms with van der Waals surface area (Å²) in [5.74, 6) is 0. The summed E-state index contributed by atoms with van der Waals surface area (Å²) in [6, 6.07) is 0. The molecular weight excluding hydrogens is 3200 g/mol. The van der Waals surface area contributed by atoms with Crippen molar-refractivity contribution in [1.29, 1.82) is 0 Å². The minimum atomic E-state index is 0. The van der Waals surface area contributed by atoms with Crippen LogP contribution in [0.1, 0.15) is 0 Å². The van der Waals surface area contributed by atoms with E-state index < -0.39 is 0 Å². The van der Waals surface area contributed by atoms with Gasteiger partial charge in [-0.3, -0.25) is 0 Å². The first kappa shape index (κ1) is 268. The van der Waals surface area contributed by atoms with Crippen molar-refractivity contribution in [3.8, 4) is 0 Å². The SMILES string of the molecule is [Y].[Y].[Y].[Y].[Y].[Y].[Y].[Y].[Y].[Y].[Y].[Y].[Y].[Y].[Y].[Y].[Y].[Y].[Y].[Y].[Y].[Y].[Y].[Y].[Y].[Y].[Y].[Y].[Y].[Y].[Y].[Y].[Y].[Y].[Y].[Y]. The summed E-state index contributed by atoms with van der Waals surface area (Å²) in [5.41, 5.74) is 0. The third-order valence-electron chi connectivity index (χ3n) is 0. The standard InChI is InChI=1S/36Y. The third-order valence-corrected chi connectivity index (χ3v) is 0. The molecule has 0 fully saturated rings. The zero-order valence-electron chi connectivity index (χ0n) is 20.8. The summed E-state index contributed by atoms with van der Waals surface area (Å²) < 4.78 is 0. The normalized spacial score (nSPS) is 0. The van der Waals surface area contributed by atoms with E-state index in [1.54, 1.807) is 0 Å². The predicted molar refractivity (Wildman–Crippen MR) is 0 cm³/mol. The van der Waals surface area contributed by atoms with Gasteiger partial charge in [0.2, 0.25) is 0 Å². The molecule has 0 aromatic heterocycles. The molecule has 0 spiro atoms. The Morgan fingerprint density at radius 2 is 0.0278 bits per heavy atom. The second kappa shape index (κ2) is 257. The van der Waals surface area contributed by atoms with Crippen molar-refractivity contribution in [2.45, 2.75) is 0 Å². The van der Waals surface area contributed by atoms with Gasteiger partial charge in [-0.25, -0.2) is 0 Å². The van der Waals surface area contributed by atoms with Crippen LogP contribution in [0.25, 0.3) is 0 Å². The fourth-order valence-corrected chi connectivity index (χ4v) is 0. The molecule has 0 bridgehead atoms. The van der Waals surface area contributed by atoms with Gasteiger partial charge in [0.1, 0.15) is 0 Å².